The van der Waals surface area contributed by atoms with Crippen LogP contribution in [0.1, 0.15) is 32.6 Å². The Labute approximate surface area is 181 Å². The van der Waals surface area contributed by atoms with Crippen LogP contribution in [0.25, 0.3) is 0 Å². The maximum atomic E-state index is 13.4. The number of nitrogens with one attached hydrogen (secondary N) is 1. The monoisotopic (exact) mass is 441 g/mol. The van der Waals surface area contributed by atoms with Crippen molar-refractivity contribution in [3.8, 4) is 0 Å². The highest BCUT2D eigenvalue weighted by molar-refractivity contribution is 7.09. The molecule has 0 saturated carbocycles. The number of rotatable bonds is 7. The van der Waals surface area contributed by atoms with Crippen LogP contribution in [0.4, 0.5) is 15.8 Å². The van der Waals surface area contributed by atoms with Gasteiger partial charge in [0.2, 0.25) is 5.91 Å². The van der Waals surface area contributed by atoms with E-state index in [4.69, 9.17) is 11.5 Å². The van der Waals surface area contributed by atoms with E-state index >= 15 is 0 Å². The van der Waals surface area contributed by atoms with Gasteiger partial charge in [-0.1, -0.05) is 30.3 Å². The molecule has 1 unspecified atom stereocenters. The van der Waals surface area contributed by atoms with Crippen LogP contribution in [-0.4, -0.2) is 28.1 Å². The molecular weight excluding hydrogens is 421 g/mol. The van der Waals surface area contributed by atoms with Crippen molar-refractivity contribution in [1.29, 1.82) is 0 Å². The van der Waals surface area contributed by atoms with Crippen molar-refractivity contribution in [3.05, 3.63) is 76.5 Å². The van der Waals surface area contributed by atoms with E-state index in [0.29, 0.717) is 11.5 Å². The molecule has 0 aliphatic heterocycles. The van der Waals surface area contributed by atoms with Crippen molar-refractivity contribution in [2.45, 2.75) is 19.5 Å². The zero-order valence-corrected chi connectivity index (χ0v) is 17.4. The summed E-state index contributed by atoms with van der Waals surface area (Å²) >= 11 is 0.705. The van der Waals surface area contributed by atoms with Gasteiger partial charge in [-0.05, 0) is 48.3 Å². The van der Waals surface area contributed by atoms with Crippen LogP contribution < -0.4 is 21.7 Å². The van der Waals surface area contributed by atoms with Gasteiger partial charge in [0.15, 0.2) is 5.69 Å². The summed E-state index contributed by atoms with van der Waals surface area (Å²) < 4.78 is 17.3. The lowest BCUT2D eigenvalue weighted by molar-refractivity contribution is -0.122. The van der Waals surface area contributed by atoms with E-state index in [1.807, 2.05) is 30.3 Å². The van der Waals surface area contributed by atoms with Gasteiger partial charge in [0.25, 0.3) is 11.8 Å². The fourth-order valence-electron chi connectivity index (χ4n) is 2.91. The van der Waals surface area contributed by atoms with Crippen molar-refractivity contribution in [2.24, 2.45) is 5.73 Å². The van der Waals surface area contributed by atoms with E-state index in [2.05, 4.69) is 9.69 Å². The molecule has 1 atom stereocenters. The number of primary amides is 1. The first-order chi connectivity index (χ1) is 14.8. The molecule has 2 aromatic carbocycles. The van der Waals surface area contributed by atoms with Gasteiger partial charge in [-0.25, -0.2) is 4.39 Å². The third-order valence-corrected chi connectivity index (χ3v) is 5.41. The molecule has 0 radical (unpaired) electrons. The molecule has 10 heteroatoms. The predicted octanol–water partition coefficient (Wildman–Crippen LogP) is 2.32. The minimum absolute atomic E-state index is 0.0409. The Morgan fingerprint density at radius 1 is 1.13 bits per heavy atom. The fraction of sp³-hybridized carbons (Fsp3) is 0.143. The average Bonchev–Trinajstić information content (AvgIpc) is 3.15. The minimum atomic E-state index is -0.972. The SMILES string of the molecule is CC(C(=O)NCc1ccccc1)N(C(=O)c1snc(C(N)=O)c1N)c1ccc(F)cc1. The zero-order chi connectivity index (χ0) is 22.5. The first-order valence-electron chi connectivity index (χ1n) is 9.25. The van der Waals surface area contributed by atoms with E-state index in [-0.39, 0.29) is 28.5 Å². The Morgan fingerprint density at radius 2 is 1.77 bits per heavy atom. The minimum Gasteiger partial charge on any atom is -0.395 e. The number of halogens is 1. The number of carbonyl (C=O) groups excluding carboxylic acids is 3. The number of nitrogens with zero attached hydrogens (tertiary/aromatic N) is 2. The molecule has 0 fully saturated rings. The Kier molecular flexibility index (Phi) is 6.61. The standard InChI is InChI=1S/C21H20FN5O3S/c1-12(20(29)25-11-13-5-3-2-4-6-13)27(15-9-7-14(22)8-10-15)21(30)18-16(23)17(19(24)28)26-31-18/h2-10,12H,11,23H2,1H3,(H2,24,28)(H,25,29). The molecule has 0 bridgehead atoms. The summed E-state index contributed by atoms with van der Waals surface area (Å²) in [5, 5.41) is 2.78. The molecule has 5 N–H and O–H groups in total. The number of hydrogen-bond acceptors (Lipinski definition) is 6. The Balaban J connectivity index is 1.90. The second kappa shape index (κ2) is 9.35. The number of aromatic nitrogens is 1. The van der Waals surface area contributed by atoms with Gasteiger partial charge >= 0.3 is 0 Å². The third kappa shape index (κ3) is 4.86. The molecule has 0 aliphatic carbocycles. The zero-order valence-electron chi connectivity index (χ0n) is 16.5. The van der Waals surface area contributed by atoms with Gasteiger partial charge in [0, 0.05) is 12.2 Å². The van der Waals surface area contributed by atoms with Crippen molar-refractivity contribution >= 4 is 40.6 Å². The van der Waals surface area contributed by atoms with Gasteiger partial charge in [-0.3, -0.25) is 19.3 Å². The summed E-state index contributed by atoms with van der Waals surface area (Å²) in [7, 11) is 0. The predicted molar refractivity (Wildman–Crippen MR) is 116 cm³/mol. The van der Waals surface area contributed by atoms with E-state index in [1.54, 1.807) is 0 Å². The molecule has 0 aliphatic rings. The second-order valence-electron chi connectivity index (χ2n) is 6.67. The molecular formula is C21H20FN5O3S. The van der Waals surface area contributed by atoms with Crippen LogP contribution in [0.5, 0.6) is 0 Å². The first kappa shape index (κ1) is 21.9. The fourth-order valence-corrected chi connectivity index (χ4v) is 3.65. The van der Waals surface area contributed by atoms with Crippen LogP contribution >= 0.6 is 11.5 Å². The van der Waals surface area contributed by atoms with E-state index < -0.39 is 29.6 Å². The molecule has 0 saturated heterocycles. The van der Waals surface area contributed by atoms with Crippen molar-refractivity contribution < 1.29 is 18.8 Å². The van der Waals surface area contributed by atoms with Gasteiger partial charge in [0.05, 0.1) is 5.69 Å². The van der Waals surface area contributed by atoms with Crippen molar-refractivity contribution in [1.82, 2.24) is 9.69 Å². The number of benzene rings is 2. The van der Waals surface area contributed by atoms with E-state index in [1.165, 1.54) is 36.1 Å². The summed E-state index contributed by atoms with van der Waals surface area (Å²) in [6.45, 7) is 1.80. The third-order valence-electron chi connectivity index (χ3n) is 4.56. The molecule has 1 aromatic heterocycles. The highest BCUT2D eigenvalue weighted by Crippen LogP contribution is 2.27. The van der Waals surface area contributed by atoms with Gasteiger partial charge in [-0.2, -0.15) is 4.37 Å². The summed E-state index contributed by atoms with van der Waals surface area (Å²) in [6, 6.07) is 13.4. The van der Waals surface area contributed by atoms with Crippen molar-refractivity contribution in [2.75, 3.05) is 10.6 Å². The van der Waals surface area contributed by atoms with Crippen molar-refractivity contribution in [3.63, 3.8) is 0 Å². The maximum Gasteiger partial charge on any atom is 0.272 e. The normalized spacial score (nSPS) is 11.5. The summed E-state index contributed by atoms with van der Waals surface area (Å²) in [5.74, 6) is -2.45. The molecule has 0 spiro atoms. The molecule has 31 heavy (non-hydrogen) atoms. The smallest absolute Gasteiger partial charge is 0.272 e. The van der Waals surface area contributed by atoms with Gasteiger partial charge < -0.3 is 16.8 Å². The van der Waals surface area contributed by atoms with Gasteiger partial charge in [0.1, 0.15) is 16.7 Å². The molecule has 160 valence electrons. The average molecular weight is 441 g/mol. The first-order valence-corrected chi connectivity index (χ1v) is 10.0. The van der Waals surface area contributed by atoms with Crippen LogP contribution in [0.15, 0.2) is 54.6 Å². The number of nitrogen functional groups attached to an aromatic ring is 1. The number of nitrogens with two attached hydrogens (primary N) is 2. The topological polar surface area (TPSA) is 131 Å². The van der Waals surface area contributed by atoms with Crippen LogP contribution in [-0.2, 0) is 11.3 Å². The highest BCUT2D eigenvalue weighted by atomic mass is 32.1. The molecule has 3 amide bonds. The Bertz CT molecular complexity index is 1100. The number of anilines is 2. The van der Waals surface area contributed by atoms with Gasteiger partial charge in [-0.15, -0.1) is 0 Å². The Hall–Kier alpha value is -3.79. The number of carbonyl (C=O) groups is 3. The largest absolute Gasteiger partial charge is 0.395 e. The molecule has 3 aromatic rings. The number of hydrogen-bond donors (Lipinski definition) is 3. The van der Waals surface area contributed by atoms with E-state index in [0.717, 1.165) is 5.56 Å². The summed E-state index contributed by atoms with van der Waals surface area (Å²) in [6.07, 6.45) is 0. The summed E-state index contributed by atoms with van der Waals surface area (Å²) in [5.41, 5.74) is 11.9. The van der Waals surface area contributed by atoms with Crippen LogP contribution in [0.3, 0.4) is 0 Å². The van der Waals surface area contributed by atoms with Crippen LogP contribution in [0.2, 0.25) is 0 Å². The lowest BCUT2D eigenvalue weighted by atomic mass is 10.1. The molecule has 1 heterocycles. The highest BCUT2D eigenvalue weighted by Gasteiger charge is 2.32. The molecule has 3 rings (SSSR count). The Morgan fingerprint density at radius 3 is 2.35 bits per heavy atom. The maximum absolute atomic E-state index is 13.4. The second-order valence-corrected chi connectivity index (χ2v) is 7.44. The molecule has 8 nitrogen and oxygen atoms in total. The summed E-state index contributed by atoms with van der Waals surface area (Å²) in [4.78, 5) is 38.7. The quantitative estimate of drug-likeness (QED) is 0.518. The van der Waals surface area contributed by atoms with Crippen LogP contribution in [0, 0.1) is 5.82 Å². The van der Waals surface area contributed by atoms with E-state index in [9.17, 15) is 18.8 Å². The lowest BCUT2D eigenvalue weighted by Crippen LogP contribution is -2.48. The number of amides is 3. The lowest BCUT2D eigenvalue weighted by Gasteiger charge is -2.28.